The number of nitrogens with zero attached hydrogens (tertiary/aromatic N) is 1. The van der Waals surface area contributed by atoms with E-state index in [-0.39, 0.29) is 0 Å². The highest BCUT2D eigenvalue weighted by Gasteiger charge is 2.31. The number of likely N-dealkylation sites (tertiary alicyclic amines) is 1. The van der Waals surface area contributed by atoms with Crippen LogP contribution in [0.15, 0.2) is 0 Å². The van der Waals surface area contributed by atoms with Crippen LogP contribution in [-0.2, 0) is 0 Å². The summed E-state index contributed by atoms with van der Waals surface area (Å²) in [4.78, 5) is 2.75. The van der Waals surface area contributed by atoms with Crippen molar-refractivity contribution >= 4 is 0 Å². The Morgan fingerprint density at radius 1 is 1.23 bits per heavy atom. The topological polar surface area (TPSA) is 3.24 Å². The van der Waals surface area contributed by atoms with Crippen LogP contribution in [0.3, 0.4) is 0 Å². The first-order chi connectivity index (χ1) is 6.31. The highest BCUT2D eigenvalue weighted by atomic mass is 15.2. The van der Waals surface area contributed by atoms with Crippen LogP contribution in [-0.4, -0.2) is 24.0 Å². The molecule has 1 saturated heterocycles. The van der Waals surface area contributed by atoms with Crippen LogP contribution < -0.4 is 0 Å². The summed E-state index contributed by atoms with van der Waals surface area (Å²) in [6, 6.07) is 0.972. The van der Waals surface area contributed by atoms with Crippen molar-refractivity contribution in [2.24, 2.45) is 11.8 Å². The standard InChI is InChI=1S/C12H23N/c1-3-11-7-8-13(9-10(11)2)12-5-4-6-12/h10-12H,3-9H2,1-2H3. The minimum atomic E-state index is 0.944. The van der Waals surface area contributed by atoms with Gasteiger partial charge in [0.15, 0.2) is 0 Å². The van der Waals surface area contributed by atoms with E-state index < -0.39 is 0 Å². The second-order valence-electron chi connectivity index (χ2n) is 5.01. The molecule has 0 amide bonds. The van der Waals surface area contributed by atoms with Crippen molar-refractivity contribution in [2.75, 3.05) is 13.1 Å². The lowest BCUT2D eigenvalue weighted by Gasteiger charge is -2.44. The first-order valence-electron chi connectivity index (χ1n) is 6.05. The molecule has 76 valence electrons. The van der Waals surface area contributed by atoms with Gasteiger partial charge in [-0.15, -0.1) is 0 Å². The van der Waals surface area contributed by atoms with Crippen LogP contribution in [0.5, 0.6) is 0 Å². The van der Waals surface area contributed by atoms with Crippen molar-refractivity contribution in [1.82, 2.24) is 4.90 Å². The maximum absolute atomic E-state index is 2.75. The Labute approximate surface area is 82.5 Å². The lowest BCUT2D eigenvalue weighted by Crippen LogP contribution is -2.47. The summed E-state index contributed by atoms with van der Waals surface area (Å²) < 4.78 is 0. The number of piperidine rings is 1. The van der Waals surface area contributed by atoms with Gasteiger partial charge in [-0.05, 0) is 37.6 Å². The molecule has 2 fully saturated rings. The Morgan fingerprint density at radius 2 is 2.00 bits per heavy atom. The Morgan fingerprint density at radius 3 is 2.46 bits per heavy atom. The molecule has 0 bridgehead atoms. The lowest BCUT2D eigenvalue weighted by molar-refractivity contribution is 0.0521. The molecule has 1 heteroatoms. The van der Waals surface area contributed by atoms with Gasteiger partial charge in [0.05, 0.1) is 0 Å². The van der Waals surface area contributed by atoms with E-state index in [9.17, 15) is 0 Å². The van der Waals surface area contributed by atoms with E-state index in [4.69, 9.17) is 0 Å². The quantitative estimate of drug-likeness (QED) is 0.633. The van der Waals surface area contributed by atoms with Gasteiger partial charge in [-0.1, -0.05) is 26.7 Å². The molecule has 0 radical (unpaired) electrons. The zero-order valence-corrected chi connectivity index (χ0v) is 9.13. The van der Waals surface area contributed by atoms with Gasteiger partial charge >= 0.3 is 0 Å². The van der Waals surface area contributed by atoms with Crippen molar-refractivity contribution in [2.45, 2.75) is 52.0 Å². The van der Waals surface area contributed by atoms with Crippen LogP contribution in [0.25, 0.3) is 0 Å². The zero-order chi connectivity index (χ0) is 9.26. The van der Waals surface area contributed by atoms with Gasteiger partial charge < -0.3 is 4.90 Å². The number of rotatable bonds is 2. The van der Waals surface area contributed by atoms with Gasteiger partial charge in [-0.3, -0.25) is 0 Å². The predicted octanol–water partition coefficient (Wildman–Crippen LogP) is 2.91. The van der Waals surface area contributed by atoms with Crippen molar-refractivity contribution in [3.8, 4) is 0 Å². The molecule has 1 aliphatic heterocycles. The van der Waals surface area contributed by atoms with E-state index in [2.05, 4.69) is 18.7 Å². The summed E-state index contributed by atoms with van der Waals surface area (Å²) in [6.45, 7) is 7.55. The molecule has 2 unspecified atom stereocenters. The van der Waals surface area contributed by atoms with Gasteiger partial charge in [-0.2, -0.15) is 0 Å². The average Bonchev–Trinajstić information content (AvgIpc) is 2.01. The molecule has 1 aliphatic carbocycles. The maximum atomic E-state index is 2.75. The average molecular weight is 181 g/mol. The van der Waals surface area contributed by atoms with Gasteiger partial charge in [0, 0.05) is 12.6 Å². The summed E-state index contributed by atoms with van der Waals surface area (Å²) >= 11 is 0. The molecule has 2 atom stereocenters. The second-order valence-corrected chi connectivity index (χ2v) is 5.01. The molecular weight excluding hydrogens is 158 g/mol. The van der Waals surface area contributed by atoms with Gasteiger partial charge in [0.2, 0.25) is 0 Å². The SMILES string of the molecule is CCC1CCN(C2CCC2)CC1C. The zero-order valence-electron chi connectivity index (χ0n) is 9.13. The fraction of sp³-hybridized carbons (Fsp3) is 1.00. The third-order valence-electron chi connectivity index (χ3n) is 4.23. The monoisotopic (exact) mass is 181 g/mol. The molecule has 13 heavy (non-hydrogen) atoms. The number of hydrogen-bond acceptors (Lipinski definition) is 1. The van der Waals surface area contributed by atoms with E-state index in [1.54, 1.807) is 0 Å². The highest BCUT2D eigenvalue weighted by molar-refractivity contribution is 4.85. The molecule has 0 spiro atoms. The summed E-state index contributed by atoms with van der Waals surface area (Å²) in [7, 11) is 0. The lowest BCUT2D eigenvalue weighted by atomic mass is 9.82. The van der Waals surface area contributed by atoms with E-state index in [0.29, 0.717) is 0 Å². The summed E-state index contributed by atoms with van der Waals surface area (Å²) in [5.41, 5.74) is 0. The molecule has 2 rings (SSSR count). The summed E-state index contributed by atoms with van der Waals surface area (Å²) in [5.74, 6) is 1.95. The van der Waals surface area contributed by atoms with E-state index >= 15 is 0 Å². The Balaban J connectivity index is 1.83. The van der Waals surface area contributed by atoms with Crippen LogP contribution in [0.1, 0.15) is 46.0 Å². The van der Waals surface area contributed by atoms with Crippen molar-refractivity contribution in [3.05, 3.63) is 0 Å². The van der Waals surface area contributed by atoms with Crippen molar-refractivity contribution < 1.29 is 0 Å². The number of hydrogen-bond donors (Lipinski definition) is 0. The largest absolute Gasteiger partial charge is 0.300 e. The normalized spacial score (nSPS) is 37.4. The first kappa shape index (κ1) is 9.51. The molecule has 1 saturated carbocycles. The van der Waals surface area contributed by atoms with Crippen LogP contribution in [0.2, 0.25) is 0 Å². The minimum Gasteiger partial charge on any atom is -0.300 e. The second kappa shape index (κ2) is 4.00. The highest BCUT2D eigenvalue weighted by Crippen LogP contribution is 2.32. The fourth-order valence-corrected chi connectivity index (χ4v) is 2.92. The van der Waals surface area contributed by atoms with E-state index in [1.165, 1.54) is 45.2 Å². The first-order valence-corrected chi connectivity index (χ1v) is 6.05. The summed E-state index contributed by atoms with van der Waals surface area (Å²) in [6.07, 6.45) is 7.27. The third kappa shape index (κ3) is 1.90. The minimum absolute atomic E-state index is 0.944. The van der Waals surface area contributed by atoms with Crippen molar-refractivity contribution in [1.29, 1.82) is 0 Å². The Kier molecular flexibility index (Phi) is 2.92. The maximum Gasteiger partial charge on any atom is 0.00953 e. The Hall–Kier alpha value is -0.0400. The van der Waals surface area contributed by atoms with Crippen LogP contribution >= 0.6 is 0 Å². The predicted molar refractivity (Wildman–Crippen MR) is 56.8 cm³/mol. The van der Waals surface area contributed by atoms with Crippen LogP contribution in [0.4, 0.5) is 0 Å². The molecule has 0 N–H and O–H groups in total. The molecule has 1 heterocycles. The smallest absolute Gasteiger partial charge is 0.00953 e. The van der Waals surface area contributed by atoms with Crippen LogP contribution in [0, 0.1) is 11.8 Å². The van der Waals surface area contributed by atoms with Gasteiger partial charge in [0.25, 0.3) is 0 Å². The molecule has 0 aromatic rings. The van der Waals surface area contributed by atoms with Crippen molar-refractivity contribution in [3.63, 3.8) is 0 Å². The molecule has 2 aliphatic rings. The van der Waals surface area contributed by atoms with E-state index in [0.717, 1.165) is 17.9 Å². The molecule has 0 aromatic carbocycles. The third-order valence-corrected chi connectivity index (χ3v) is 4.23. The summed E-state index contributed by atoms with van der Waals surface area (Å²) in [5, 5.41) is 0. The fourth-order valence-electron chi connectivity index (χ4n) is 2.92. The van der Waals surface area contributed by atoms with Gasteiger partial charge in [0.1, 0.15) is 0 Å². The van der Waals surface area contributed by atoms with E-state index in [1.807, 2.05) is 0 Å². The molecular formula is C12H23N. The van der Waals surface area contributed by atoms with Gasteiger partial charge in [-0.25, -0.2) is 0 Å². The molecule has 0 aromatic heterocycles. The Bertz CT molecular complexity index is 163. The molecule has 1 nitrogen and oxygen atoms in total.